The Bertz CT molecular complexity index is 1280. The molecule has 3 rings (SSSR count). The van der Waals surface area contributed by atoms with Gasteiger partial charge in [-0.15, -0.1) is 0 Å². The first-order valence-corrected chi connectivity index (χ1v) is 15.8. The molecular formula is C30H40O7S2. The average Bonchev–Trinajstić information content (AvgIpc) is 2.87. The summed E-state index contributed by atoms with van der Waals surface area (Å²) in [5.74, 6) is -1.22. The number of carbonyl (C=O) groups excluding carboxylic acids is 2. The van der Waals surface area contributed by atoms with E-state index in [0.717, 1.165) is 6.42 Å². The fourth-order valence-corrected chi connectivity index (χ4v) is 8.15. The molecule has 0 aromatic heterocycles. The van der Waals surface area contributed by atoms with Gasteiger partial charge in [-0.1, -0.05) is 26.0 Å². The number of carboxylic acid groups (broad SMARTS) is 1. The SMILES string of the molecule is CC(C)(CO)CCCC1=CC(=O)CC(c2ccccc2C2=CC(=O)CC(CCCC(C)(C)C(=O)O)=[SH+]2[O-])=[SH+]1[O-]. The molecule has 0 amide bonds. The molecule has 2 atom stereocenters. The van der Waals surface area contributed by atoms with Crippen molar-refractivity contribution >= 4 is 53.7 Å². The molecular weight excluding hydrogens is 536 g/mol. The Kier molecular flexibility index (Phi) is 10.5. The lowest BCUT2D eigenvalue weighted by Gasteiger charge is -2.25. The highest BCUT2D eigenvalue weighted by atomic mass is 32.2. The Morgan fingerprint density at radius 3 is 2.15 bits per heavy atom. The van der Waals surface area contributed by atoms with Gasteiger partial charge < -0.3 is 19.3 Å². The van der Waals surface area contributed by atoms with E-state index in [0.29, 0.717) is 62.8 Å². The fourth-order valence-electron chi connectivity index (χ4n) is 4.79. The third-order valence-electron chi connectivity index (χ3n) is 7.43. The third-order valence-corrected chi connectivity index (χ3v) is 11.0. The van der Waals surface area contributed by atoms with Gasteiger partial charge in [0.05, 0.1) is 28.0 Å². The first kappa shape index (κ1) is 31.4. The second-order valence-electron chi connectivity index (χ2n) is 11.8. The van der Waals surface area contributed by atoms with Gasteiger partial charge in [0, 0.05) is 42.7 Å². The van der Waals surface area contributed by atoms with E-state index in [1.165, 1.54) is 12.2 Å². The van der Waals surface area contributed by atoms with Crippen molar-refractivity contribution in [2.75, 3.05) is 6.61 Å². The van der Waals surface area contributed by atoms with E-state index in [2.05, 4.69) is 0 Å². The van der Waals surface area contributed by atoms with Gasteiger partial charge in [-0.2, -0.15) is 21.5 Å². The van der Waals surface area contributed by atoms with Gasteiger partial charge in [-0.25, -0.2) is 0 Å². The number of carbonyl (C=O) groups is 3. The lowest BCUT2D eigenvalue weighted by Crippen LogP contribution is -2.25. The summed E-state index contributed by atoms with van der Waals surface area (Å²) in [5.41, 5.74) is -0.0508. The summed E-state index contributed by atoms with van der Waals surface area (Å²) in [7, 11) is -4.05. The van der Waals surface area contributed by atoms with Crippen molar-refractivity contribution in [3.05, 3.63) is 52.4 Å². The normalized spacial score (nSPS) is 20.7. The minimum atomic E-state index is -2.05. The van der Waals surface area contributed by atoms with Crippen LogP contribution in [0.15, 0.2) is 41.3 Å². The van der Waals surface area contributed by atoms with Gasteiger partial charge in [0.25, 0.3) is 0 Å². The van der Waals surface area contributed by atoms with Crippen LogP contribution in [0, 0.1) is 10.8 Å². The number of ketones is 2. The van der Waals surface area contributed by atoms with Crippen molar-refractivity contribution < 1.29 is 33.7 Å². The second-order valence-corrected chi connectivity index (χ2v) is 15.2. The van der Waals surface area contributed by atoms with Crippen LogP contribution in [-0.2, 0) is 35.9 Å². The van der Waals surface area contributed by atoms with Crippen LogP contribution < -0.4 is 0 Å². The van der Waals surface area contributed by atoms with Crippen LogP contribution in [0.5, 0.6) is 0 Å². The van der Waals surface area contributed by atoms with Crippen molar-refractivity contribution in [1.82, 2.24) is 0 Å². The molecule has 39 heavy (non-hydrogen) atoms. The van der Waals surface area contributed by atoms with Crippen LogP contribution >= 0.6 is 0 Å². The Hall–Kier alpha value is -2.17. The first-order chi connectivity index (χ1) is 18.3. The molecule has 1 aromatic carbocycles. The Morgan fingerprint density at radius 2 is 1.51 bits per heavy atom. The van der Waals surface area contributed by atoms with E-state index >= 15 is 0 Å². The fraction of sp³-hybridized carbons (Fsp3) is 0.500. The molecule has 214 valence electrons. The van der Waals surface area contributed by atoms with E-state index in [1.54, 1.807) is 38.1 Å². The summed E-state index contributed by atoms with van der Waals surface area (Å²) < 4.78 is 27.3. The number of rotatable bonds is 12. The second kappa shape index (κ2) is 13.0. The molecule has 0 saturated carbocycles. The van der Waals surface area contributed by atoms with Crippen LogP contribution in [0.2, 0.25) is 0 Å². The van der Waals surface area contributed by atoms with Crippen LogP contribution in [0.3, 0.4) is 0 Å². The summed E-state index contributed by atoms with van der Waals surface area (Å²) >= 11 is 0. The molecule has 2 aliphatic rings. The van der Waals surface area contributed by atoms with Crippen LogP contribution in [-0.4, -0.2) is 53.2 Å². The topological polar surface area (TPSA) is 138 Å². The minimum Gasteiger partial charge on any atom is -0.646 e. The molecule has 1 aromatic rings. The molecule has 0 fully saturated rings. The standard InChI is InChI=1S/C30H40O7S2/c1-29(2,19-31)13-7-9-22-15-20(32)17-26(38(22)36)24-11-5-6-12-25(24)27-18-21(33)16-23(39(27)37)10-8-14-30(3,4)28(34)35/h5-6,11-12,15,18,31,38-39H,7-10,13-14,16-17,19H2,1-4H3,(H-2,33,34,35,36,37). The summed E-state index contributed by atoms with van der Waals surface area (Å²) in [6.45, 7) is 7.26. The third kappa shape index (κ3) is 7.95. The molecule has 2 heterocycles. The molecule has 0 bridgehead atoms. The summed E-state index contributed by atoms with van der Waals surface area (Å²) in [6.07, 6.45) is 6.10. The van der Waals surface area contributed by atoms with E-state index < -0.39 is 32.9 Å². The molecule has 0 saturated heterocycles. The summed E-state index contributed by atoms with van der Waals surface area (Å²) in [6, 6.07) is 7.06. The Morgan fingerprint density at radius 1 is 0.897 bits per heavy atom. The summed E-state index contributed by atoms with van der Waals surface area (Å²) in [4.78, 5) is 38.8. The molecule has 7 nitrogen and oxygen atoms in total. The number of thiol groups is 2. The maximum absolute atomic E-state index is 13.7. The average molecular weight is 577 g/mol. The quantitative estimate of drug-likeness (QED) is 0.218. The first-order valence-electron chi connectivity index (χ1n) is 13.3. The van der Waals surface area contributed by atoms with Gasteiger partial charge in [0.15, 0.2) is 11.6 Å². The minimum absolute atomic E-state index is 0.00327. The van der Waals surface area contributed by atoms with Crippen molar-refractivity contribution in [1.29, 1.82) is 0 Å². The number of aliphatic hydroxyl groups is 1. The smallest absolute Gasteiger partial charge is 0.309 e. The number of benzene rings is 1. The largest absolute Gasteiger partial charge is 0.646 e. The van der Waals surface area contributed by atoms with E-state index in [9.17, 15) is 33.7 Å². The highest BCUT2D eigenvalue weighted by molar-refractivity contribution is 8.00. The number of hydrogen-bond acceptors (Lipinski definition) is 6. The number of carboxylic acids is 1. The van der Waals surface area contributed by atoms with Gasteiger partial charge in [0.2, 0.25) is 0 Å². The molecule has 0 spiro atoms. The zero-order chi connectivity index (χ0) is 29.0. The van der Waals surface area contributed by atoms with Crippen molar-refractivity contribution in [2.24, 2.45) is 10.8 Å². The molecule has 0 aliphatic carbocycles. The number of hydrogen-bond donors (Lipinski definition) is 2. The predicted octanol–water partition coefficient (Wildman–Crippen LogP) is 3.98. The molecule has 2 N–H and O–H groups in total. The number of aliphatic hydroxyl groups excluding tert-OH is 1. The molecule has 2 aliphatic heterocycles. The number of allylic oxidation sites excluding steroid dienone is 3. The molecule has 0 radical (unpaired) electrons. The van der Waals surface area contributed by atoms with Crippen molar-refractivity contribution in [3.8, 4) is 0 Å². The number of aliphatic carboxylic acids is 1. The van der Waals surface area contributed by atoms with Crippen LogP contribution in [0.1, 0.15) is 90.2 Å². The lowest BCUT2D eigenvalue weighted by molar-refractivity contribution is -0.147. The zero-order valence-electron chi connectivity index (χ0n) is 23.2. The van der Waals surface area contributed by atoms with E-state index in [-0.39, 0.29) is 36.4 Å². The molecule has 9 heteroatoms. The van der Waals surface area contributed by atoms with Gasteiger partial charge in [-0.05, 0) is 57.1 Å². The van der Waals surface area contributed by atoms with Crippen molar-refractivity contribution in [3.63, 3.8) is 0 Å². The van der Waals surface area contributed by atoms with Crippen LogP contribution in [0.25, 0.3) is 4.91 Å². The maximum Gasteiger partial charge on any atom is 0.309 e. The lowest BCUT2D eigenvalue weighted by atomic mass is 9.87. The Balaban J connectivity index is 1.92. The summed E-state index contributed by atoms with van der Waals surface area (Å²) in [5, 5.41) is 18.9. The van der Waals surface area contributed by atoms with Gasteiger partial charge >= 0.3 is 5.97 Å². The molecule has 2 unspecified atom stereocenters. The van der Waals surface area contributed by atoms with E-state index in [4.69, 9.17) is 0 Å². The van der Waals surface area contributed by atoms with Gasteiger partial charge in [-0.3, -0.25) is 14.4 Å². The van der Waals surface area contributed by atoms with Crippen molar-refractivity contribution in [2.45, 2.75) is 79.1 Å². The monoisotopic (exact) mass is 576 g/mol. The van der Waals surface area contributed by atoms with Crippen LogP contribution in [0.4, 0.5) is 0 Å². The Labute approximate surface area is 235 Å². The zero-order valence-corrected chi connectivity index (χ0v) is 24.9. The maximum atomic E-state index is 13.7. The highest BCUT2D eigenvalue weighted by Gasteiger charge is 2.30. The van der Waals surface area contributed by atoms with Gasteiger partial charge in [0.1, 0.15) is 9.77 Å². The highest BCUT2D eigenvalue weighted by Crippen LogP contribution is 2.32. The van der Waals surface area contributed by atoms with E-state index in [1.807, 2.05) is 13.8 Å². The predicted molar refractivity (Wildman–Crippen MR) is 160 cm³/mol.